The molecule has 10 nitrogen and oxygen atoms in total. The summed E-state index contributed by atoms with van der Waals surface area (Å²) in [4.78, 5) is 28.1. The molecule has 3 heterocycles. The first-order chi connectivity index (χ1) is 17.5. The van der Waals surface area contributed by atoms with Gasteiger partial charge in [0, 0.05) is 25.8 Å². The summed E-state index contributed by atoms with van der Waals surface area (Å²) in [6.45, 7) is 12.2. The van der Waals surface area contributed by atoms with E-state index in [0.717, 1.165) is 18.8 Å². The highest BCUT2D eigenvalue weighted by Crippen LogP contribution is 2.46. The Kier molecular flexibility index (Phi) is 7.02. The topological polar surface area (TPSA) is 121 Å². The van der Waals surface area contributed by atoms with Gasteiger partial charge in [-0.15, -0.1) is 5.92 Å². The lowest BCUT2D eigenvalue weighted by atomic mass is 9.87. The predicted molar refractivity (Wildman–Crippen MR) is 144 cm³/mol. The Hall–Kier alpha value is -3.84. The van der Waals surface area contributed by atoms with Gasteiger partial charge in [0.2, 0.25) is 5.91 Å². The molecule has 2 aliphatic heterocycles. The fraction of sp³-hybridized carbons (Fsp3) is 0.481. The number of carbonyl (C=O) groups is 1. The Labute approximate surface area is 218 Å². The van der Waals surface area contributed by atoms with Crippen LogP contribution in [0.5, 0.6) is 0 Å². The van der Waals surface area contributed by atoms with Gasteiger partial charge in [-0.3, -0.25) is 15.1 Å². The first-order valence-electron chi connectivity index (χ1n) is 12.3. The van der Waals surface area contributed by atoms with Gasteiger partial charge in [-0.2, -0.15) is 0 Å². The smallest absolute Gasteiger partial charge is 0.285 e. The summed E-state index contributed by atoms with van der Waals surface area (Å²) in [5, 5.41) is 8.33. The molecule has 0 aliphatic carbocycles. The largest absolute Gasteiger partial charge is 0.457 e. The maximum Gasteiger partial charge on any atom is 0.285 e. The number of hydrogen-bond donors (Lipinski definition) is 2. The second kappa shape index (κ2) is 9.90. The highest BCUT2D eigenvalue weighted by atomic mass is 16.5. The lowest BCUT2D eigenvalue weighted by Gasteiger charge is -2.32. The molecule has 1 amide bonds. The Morgan fingerprint density at radius 2 is 1.84 bits per heavy atom. The van der Waals surface area contributed by atoms with Crippen LogP contribution in [-0.2, 0) is 26.3 Å². The second-order valence-electron chi connectivity index (χ2n) is 10.2. The number of nitrogens with two attached hydrogens (primary N) is 1. The molecule has 1 fully saturated rings. The van der Waals surface area contributed by atoms with Crippen molar-refractivity contribution in [2.45, 2.75) is 52.2 Å². The predicted octanol–water partition coefficient (Wildman–Crippen LogP) is 3.04. The van der Waals surface area contributed by atoms with E-state index in [-0.39, 0.29) is 30.2 Å². The van der Waals surface area contributed by atoms with Crippen molar-refractivity contribution in [3.63, 3.8) is 0 Å². The van der Waals surface area contributed by atoms with E-state index < -0.39 is 11.0 Å². The number of amidine groups is 1. The lowest BCUT2D eigenvalue weighted by molar-refractivity contribution is -0.121. The Morgan fingerprint density at radius 3 is 2.46 bits per heavy atom. The summed E-state index contributed by atoms with van der Waals surface area (Å²) in [7, 11) is 1.74. The average Bonchev–Trinajstić information content (AvgIpc) is 3.07. The summed E-state index contributed by atoms with van der Waals surface area (Å²) in [6.07, 6.45) is 0. The van der Waals surface area contributed by atoms with Gasteiger partial charge in [-0.05, 0) is 58.9 Å². The van der Waals surface area contributed by atoms with Crippen molar-refractivity contribution in [3.05, 3.63) is 35.7 Å². The van der Waals surface area contributed by atoms with Crippen molar-refractivity contribution >= 4 is 34.9 Å². The lowest BCUT2D eigenvalue weighted by Crippen LogP contribution is -2.44. The minimum Gasteiger partial charge on any atom is -0.457 e. The molecule has 0 unspecified atom stereocenters. The van der Waals surface area contributed by atoms with Crippen molar-refractivity contribution in [3.8, 4) is 11.8 Å². The summed E-state index contributed by atoms with van der Waals surface area (Å²) in [5.41, 5.74) is 7.26. The fourth-order valence-electron chi connectivity index (χ4n) is 4.57. The minimum absolute atomic E-state index is 0.0672. The molecule has 196 valence electrons. The van der Waals surface area contributed by atoms with Crippen LogP contribution in [0.2, 0.25) is 0 Å². The summed E-state index contributed by atoms with van der Waals surface area (Å²) in [6, 6.07) is 7.78. The quantitative estimate of drug-likeness (QED) is 0.361. The molecule has 0 radical (unpaired) electrons. The van der Waals surface area contributed by atoms with Crippen LogP contribution < -0.4 is 15.5 Å². The van der Waals surface area contributed by atoms with Crippen molar-refractivity contribution in [1.29, 1.82) is 5.41 Å². The van der Waals surface area contributed by atoms with Crippen LogP contribution in [0, 0.1) is 17.3 Å². The molecule has 37 heavy (non-hydrogen) atoms. The van der Waals surface area contributed by atoms with Gasteiger partial charge >= 0.3 is 0 Å². The molecule has 0 bridgehead atoms. The third-order valence-electron chi connectivity index (χ3n) is 6.93. The van der Waals surface area contributed by atoms with Crippen LogP contribution >= 0.6 is 0 Å². The van der Waals surface area contributed by atoms with Gasteiger partial charge in [-0.25, -0.2) is 9.97 Å². The molecule has 1 aromatic carbocycles. The molecule has 4 rings (SSSR count). The Bertz CT molecular complexity index is 1260. The fourth-order valence-corrected chi connectivity index (χ4v) is 4.57. The normalized spacial score (nSPS) is 16.6. The number of carbonyl (C=O) groups excluding carboxylic acids is 1. The van der Waals surface area contributed by atoms with Crippen molar-refractivity contribution in [2.75, 3.05) is 48.9 Å². The molecule has 1 saturated heterocycles. The number of rotatable bonds is 5. The van der Waals surface area contributed by atoms with Crippen LogP contribution in [0.1, 0.15) is 46.0 Å². The molecular formula is C27H35N7O3. The van der Waals surface area contributed by atoms with Gasteiger partial charge in [0.1, 0.15) is 11.6 Å². The third kappa shape index (κ3) is 4.91. The SMILES string of the molecule is CC#CC(C)(C)N(C)C(=N)OCc1nc(N)c2c(n1)N(c1ccc(N3CCOCC3)cc1)C(=O)C2(C)C. The molecule has 0 spiro atoms. The van der Waals surface area contributed by atoms with Gasteiger partial charge in [0.05, 0.1) is 35.4 Å². The highest BCUT2D eigenvalue weighted by molar-refractivity contribution is 6.12. The molecule has 0 saturated carbocycles. The molecule has 10 heteroatoms. The van der Waals surface area contributed by atoms with Gasteiger partial charge in [-0.1, -0.05) is 5.92 Å². The number of anilines is 4. The van der Waals surface area contributed by atoms with Gasteiger partial charge in [0.25, 0.3) is 6.02 Å². The molecular weight excluding hydrogens is 470 g/mol. The number of benzene rings is 1. The number of amides is 1. The number of fused-ring (bicyclic) bond motifs is 1. The van der Waals surface area contributed by atoms with Crippen molar-refractivity contribution in [1.82, 2.24) is 14.9 Å². The summed E-state index contributed by atoms with van der Waals surface area (Å²) < 4.78 is 11.1. The zero-order valence-electron chi connectivity index (χ0n) is 22.4. The number of nitrogen functional groups attached to an aromatic ring is 1. The van der Waals surface area contributed by atoms with E-state index in [9.17, 15) is 4.79 Å². The minimum atomic E-state index is -0.891. The third-order valence-corrected chi connectivity index (χ3v) is 6.93. The van der Waals surface area contributed by atoms with E-state index in [4.69, 9.17) is 20.6 Å². The number of nitrogens with one attached hydrogen (secondary N) is 1. The van der Waals surface area contributed by atoms with E-state index in [1.165, 1.54) is 0 Å². The Morgan fingerprint density at radius 1 is 1.22 bits per heavy atom. The van der Waals surface area contributed by atoms with Crippen LogP contribution in [0.4, 0.5) is 23.0 Å². The summed E-state index contributed by atoms with van der Waals surface area (Å²) >= 11 is 0. The molecule has 1 aromatic heterocycles. The maximum absolute atomic E-state index is 13.6. The Balaban J connectivity index is 1.60. The standard InChI is InChI=1S/C27H35N7O3/c1-7-12-26(2,3)32(6)25(29)37-17-20-30-22(28)21-23(31-20)34(24(35)27(21,4)5)19-10-8-18(9-11-19)33-13-15-36-16-14-33/h8-11,29H,13-17H2,1-6H3,(H2,28,30,31). The molecule has 2 aliphatic rings. The zero-order valence-corrected chi connectivity index (χ0v) is 22.4. The van der Waals surface area contributed by atoms with E-state index in [2.05, 4.69) is 26.7 Å². The van der Waals surface area contributed by atoms with E-state index >= 15 is 0 Å². The van der Waals surface area contributed by atoms with E-state index in [0.29, 0.717) is 30.3 Å². The number of aromatic nitrogens is 2. The second-order valence-corrected chi connectivity index (χ2v) is 10.2. The van der Waals surface area contributed by atoms with Crippen molar-refractivity contribution < 1.29 is 14.3 Å². The van der Waals surface area contributed by atoms with Gasteiger partial charge in [0.15, 0.2) is 12.4 Å². The maximum atomic E-state index is 13.6. The first kappa shape index (κ1) is 26.2. The average molecular weight is 506 g/mol. The monoisotopic (exact) mass is 505 g/mol. The van der Waals surface area contributed by atoms with E-state index in [1.54, 1.807) is 23.8 Å². The van der Waals surface area contributed by atoms with Crippen LogP contribution in [0.3, 0.4) is 0 Å². The van der Waals surface area contributed by atoms with E-state index in [1.807, 2.05) is 52.0 Å². The van der Waals surface area contributed by atoms with Crippen LogP contribution in [0.15, 0.2) is 24.3 Å². The van der Waals surface area contributed by atoms with Crippen LogP contribution in [0.25, 0.3) is 0 Å². The molecule has 2 aromatic rings. The zero-order chi connectivity index (χ0) is 27.0. The molecule has 0 atom stereocenters. The number of hydrogen-bond acceptors (Lipinski definition) is 8. The number of ether oxygens (including phenoxy) is 2. The number of morpholine rings is 1. The number of nitrogens with zero attached hydrogens (tertiary/aromatic N) is 5. The highest BCUT2D eigenvalue weighted by Gasteiger charge is 2.48. The summed E-state index contributed by atoms with van der Waals surface area (Å²) in [5.74, 6) is 6.76. The molecule has 3 N–H and O–H groups in total. The van der Waals surface area contributed by atoms with Crippen molar-refractivity contribution in [2.24, 2.45) is 0 Å². The first-order valence-corrected chi connectivity index (χ1v) is 12.3. The van der Waals surface area contributed by atoms with Gasteiger partial charge < -0.3 is 25.0 Å². The van der Waals surface area contributed by atoms with Crippen LogP contribution in [-0.4, -0.2) is 65.7 Å².